The highest BCUT2D eigenvalue weighted by molar-refractivity contribution is 6.07. The minimum Gasteiger partial charge on any atom is -0.357 e. The molecule has 2 aromatic heterocycles. The molecule has 2 amide bonds. The van der Waals surface area contributed by atoms with Gasteiger partial charge in [-0.05, 0) is 61.4 Å². The number of fused-ring (bicyclic) bond motifs is 1. The molecule has 0 unspecified atom stereocenters. The fourth-order valence-electron chi connectivity index (χ4n) is 4.54. The van der Waals surface area contributed by atoms with Crippen molar-refractivity contribution in [1.29, 1.82) is 0 Å². The quantitative estimate of drug-likeness (QED) is 0.359. The molecule has 6 nitrogen and oxygen atoms in total. The summed E-state index contributed by atoms with van der Waals surface area (Å²) in [6, 6.07) is 15.2. The highest BCUT2D eigenvalue weighted by atomic mass is 19.1. The van der Waals surface area contributed by atoms with Crippen LogP contribution in [0, 0.1) is 11.6 Å². The third-order valence-corrected chi connectivity index (χ3v) is 6.10. The normalized spacial score (nSPS) is 14.2. The predicted octanol–water partition coefficient (Wildman–Crippen LogP) is 5.27. The fourth-order valence-corrected chi connectivity index (χ4v) is 4.54. The van der Waals surface area contributed by atoms with E-state index >= 15 is 0 Å². The van der Waals surface area contributed by atoms with Crippen LogP contribution in [0.4, 0.5) is 14.6 Å². The van der Waals surface area contributed by atoms with Crippen LogP contribution in [-0.2, 0) is 17.6 Å². The third kappa shape index (κ3) is 4.75. The van der Waals surface area contributed by atoms with Crippen molar-refractivity contribution in [3.8, 4) is 22.4 Å². The van der Waals surface area contributed by atoms with Gasteiger partial charge in [-0.1, -0.05) is 24.3 Å². The number of H-pyrrole nitrogens is 1. The first-order valence-electron chi connectivity index (χ1n) is 11.5. The Balaban J connectivity index is 1.52. The number of amides is 2. The second-order valence-electron chi connectivity index (χ2n) is 9.53. The van der Waals surface area contributed by atoms with E-state index in [1.807, 2.05) is 13.8 Å². The van der Waals surface area contributed by atoms with E-state index < -0.39 is 5.54 Å². The van der Waals surface area contributed by atoms with Crippen LogP contribution in [0.3, 0.4) is 0 Å². The van der Waals surface area contributed by atoms with Crippen LogP contribution in [0.5, 0.6) is 0 Å². The molecule has 0 bridgehead atoms. The summed E-state index contributed by atoms with van der Waals surface area (Å²) >= 11 is 0. The Labute approximate surface area is 206 Å². The maximum absolute atomic E-state index is 13.7. The number of pyridine rings is 1. The van der Waals surface area contributed by atoms with Gasteiger partial charge in [0.15, 0.2) is 0 Å². The predicted molar refractivity (Wildman–Crippen MR) is 133 cm³/mol. The van der Waals surface area contributed by atoms with Gasteiger partial charge in [0.05, 0.1) is 17.7 Å². The van der Waals surface area contributed by atoms with Crippen molar-refractivity contribution in [2.75, 3.05) is 5.32 Å². The third-order valence-electron chi connectivity index (χ3n) is 6.10. The average molecular weight is 487 g/mol. The summed E-state index contributed by atoms with van der Waals surface area (Å²) in [4.78, 5) is 33.4. The molecule has 0 radical (unpaired) electrons. The first-order valence-corrected chi connectivity index (χ1v) is 11.5. The Kier molecular flexibility index (Phi) is 5.88. The number of rotatable bonds is 5. The minimum atomic E-state index is -0.427. The number of carbonyl (C=O) groups excluding carboxylic acids is 2. The molecule has 5 rings (SSSR count). The lowest BCUT2D eigenvalue weighted by Gasteiger charge is -2.30. The van der Waals surface area contributed by atoms with Crippen LogP contribution < -0.4 is 10.6 Å². The number of hydrogen-bond acceptors (Lipinski definition) is 3. The molecule has 3 heterocycles. The number of benzene rings is 2. The Morgan fingerprint density at radius 3 is 2.33 bits per heavy atom. The van der Waals surface area contributed by atoms with Crippen molar-refractivity contribution in [1.82, 2.24) is 15.3 Å². The maximum Gasteiger partial charge on any atom is 0.254 e. The number of aromatic nitrogens is 2. The van der Waals surface area contributed by atoms with Gasteiger partial charge in [0.2, 0.25) is 5.91 Å². The van der Waals surface area contributed by atoms with Gasteiger partial charge in [0, 0.05) is 35.0 Å². The van der Waals surface area contributed by atoms with E-state index in [1.54, 1.807) is 42.6 Å². The van der Waals surface area contributed by atoms with Crippen LogP contribution in [0.1, 0.15) is 35.5 Å². The number of carbonyl (C=O) groups is 2. The largest absolute Gasteiger partial charge is 0.357 e. The van der Waals surface area contributed by atoms with Crippen LogP contribution in [0.15, 0.2) is 66.9 Å². The Morgan fingerprint density at radius 2 is 1.64 bits per heavy atom. The number of halogens is 2. The van der Waals surface area contributed by atoms with E-state index in [1.165, 1.54) is 24.3 Å². The highest BCUT2D eigenvalue weighted by Gasteiger charge is 2.35. The van der Waals surface area contributed by atoms with Gasteiger partial charge >= 0.3 is 0 Å². The molecule has 8 heteroatoms. The van der Waals surface area contributed by atoms with Crippen LogP contribution >= 0.6 is 0 Å². The second kappa shape index (κ2) is 9.03. The van der Waals surface area contributed by atoms with Crippen molar-refractivity contribution in [2.24, 2.45) is 0 Å². The van der Waals surface area contributed by atoms with Crippen molar-refractivity contribution >= 4 is 17.6 Å². The van der Waals surface area contributed by atoms with Gasteiger partial charge in [-0.3, -0.25) is 9.59 Å². The first-order chi connectivity index (χ1) is 17.2. The average Bonchev–Trinajstić information content (AvgIpc) is 3.20. The topological polar surface area (TPSA) is 86.9 Å². The second-order valence-corrected chi connectivity index (χ2v) is 9.53. The molecule has 2 aromatic carbocycles. The number of nitrogens with one attached hydrogen (secondary N) is 3. The molecule has 0 fully saturated rings. The van der Waals surface area contributed by atoms with E-state index in [0.717, 1.165) is 5.69 Å². The van der Waals surface area contributed by atoms with Gasteiger partial charge in [-0.25, -0.2) is 13.8 Å². The molecule has 4 aromatic rings. The molecule has 1 aliphatic rings. The number of nitrogens with zero attached hydrogens (tertiary/aromatic N) is 1. The smallest absolute Gasteiger partial charge is 0.254 e. The molecule has 0 spiro atoms. The van der Waals surface area contributed by atoms with E-state index in [0.29, 0.717) is 45.7 Å². The summed E-state index contributed by atoms with van der Waals surface area (Å²) < 4.78 is 26.8. The molecule has 0 atom stereocenters. The summed E-state index contributed by atoms with van der Waals surface area (Å²) in [5.74, 6) is -0.898. The summed E-state index contributed by atoms with van der Waals surface area (Å²) in [5, 5.41) is 5.82. The molecular weight excluding hydrogens is 462 g/mol. The van der Waals surface area contributed by atoms with Crippen LogP contribution in [0.2, 0.25) is 0 Å². The fraction of sp³-hybridized carbons (Fsp3) is 0.179. The Hall–Kier alpha value is -4.33. The Bertz CT molecular complexity index is 1460. The van der Waals surface area contributed by atoms with Crippen LogP contribution in [-0.4, -0.2) is 27.3 Å². The summed E-state index contributed by atoms with van der Waals surface area (Å²) in [6.07, 6.45) is 2.23. The summed E-state index contributed by atoms with van der Waals surface area (Å²) in [7, 11) is 0. The number of aromatic amines is 1. The summed E-state index contributed by atoms with van der Waals surface area (Å²) in [5.41, 5.74) is 4.30. The van der Waals surface area contributed by atoms with Gasteiger partial charge in [-0.2, -0.15) is 0 Å². The molecule has 0 saturated heterocycles. The molecule has 36 heavy (non-hydrogen) atoms. The minimum absolute atomic E-state index is 0.0685. The van der Waals surface area contributed by atoms with Crippen molar-refractivity contribution < 1.29 is 18.4 Å². The highest BCUT2D eigenvalue weighted by Crippen LogP contribution is 2.40. The monoisotopic (exact) mass is 486 g/mol. The molecule has 182 valence electrons. The molecule has 3 N–H and O–H groups in total. The SMILES string of the molecule is CC1(C)Cc2[nH]c(-c3ccnc(NC(=O)Cc4ccc(F)cc4)c3)c(-c3ccc(F)cc3)c2C(=O)N1. The lowest BCUT2D eigenvalue weighted by Crippen LogP contribution is -2.49. The number of hydrogen-bond donors (Lipinski definition) is 3. The van der Waals surface area contributed by atoms with E-state index in [9.17, 15) is 18.4 Å². The van der Waals surface area contributed by atoms with E-state index in [4.69, 9.17) is 0 Å². The lowest BCUT2D eigenvalue weighted by molar-refractivity contribution is -0.115. The van der Waals surface area contributed by atoms with Gasteiger partial charge in [-0.15, -0.1) is 0 Å². The molecule has 1 aliphatic heterocycles. The van der Waals surface area contributed by atoms with Crippen LogP contribution in [0.25, 0.3) is 22.4 Å². The molecular formula is C28H24F2N4O2. The van der Waals surface area contributed by atoms with Crippen molar-refractivity contribution in [2.45, 2.75) is 32.2 Å². The van der Waals surface area contributed by atoms with E-state index in [-0.39, 0.29) is 29.9 Å². The van der Waals surface area contributed by atoms with Gasteiger partial charge in [0.25, 0.3) is 5.91 Å². The number of anilines is 1. The first kappa shape index (κ1) is 23.4. The van der Waals surface area contributed by atoms with Crippen molar-refractivity contribution in [3.63, 3.8) is 0 Å². The van der Waals surface area contributed by atoms with Gasteiger partial charge < -0.3 is 15.6 Å². The molecule has 0 saturated carbocycles. The zero-order valence-corrected chi connectivity index (χ0v) is 19.8. The van der Waals surface area contributed by atoms with Gasteiger partial charge in [0.1, 0.15) is 17.5 Å². The molecule has 0 aliphatic carbocycles. The zero-order chi connectivity index (χ0) is 25.4. The zero-order valence-electron chi connectivity index (χ0n) is 19.8. The Morgan fingerprint density at radius 1 is 0.972 bits per heavy atom. The van der Waals surface area contributed by atoms with Crippen molar-refractivity contribution in [3.05, 3.63) is 95.3 Å². The summed E-state index contributed by atoms with van der Waals surface area (Å²) in [6.45, 7) is 3.90. The lowest BCUT2D eigenvalue weighted by atomic mass is 9.88. The van der Waals surface area contributed by atoms with E-state index in [2.05, 4.69) is 20.6 Å². The standard InChI is InChI=1S/C28H24F2N4O2/c1-28(2)15-21-25(27(36)34-28)24(17-5-9-20(30)10-6-17)26(32-21)18-11-12-31-22(14-18)33-23(35)13-16-3-7-19(29)8-4-16/h3-12,14,32H,13,15H2,1-2H3,(H,34,36)(H,31,33,35). The maximum atomic E-state index is 13.7.